The van der Waals surface area contributed by atoms with Crippen molar-refractivity contribution in [3.8, 4) is 5.75 Å². The van der Waals surface area contributed by atoms with Gasteiger partial charge in [-0.25, -0.2) is 0 Å². The summed E-state index contributed by atoms with van der Waals surface area (Å²) in [7, 11) is 1.91. The molecule has 104 valence electrons. The van der Waals surface area contributed by atoms with E-state index in [4.69, 9.17) is 4.74 Å². The van der Waals surface area contributed by atoms with Gasteiger partial charge in [-0.1, -0.05) is 36.4 Å². The monoisotopic (exact) mass is 268 g/mol. The molecule has 1 aromatic carbocycles. The van der Waals surface area contributed by atoms with E-state index in [0.717, 1.165) is 17.1 Å². The summed E-state index contributed by atoms with van der Waals surface area (Å²) in [5.41, 5.74) is 3.12. The predicted molar refractivity (Wildman–Crippen MR) is 82.7 cm³/mol. The highest BCUT2D eigenvalue weighted by Gasteiger charge is 2.04. The Hall–Kier alpha value is -2.13. The molecule has 0 spiro atoms. The van der Waals surface area contributed by atoms with E-state index in [-0.39, 0.29) is 0 Å². The molecule has 0 unspecified atom stereocenters. The van der Waals surface area contributed by atoms with Crippen LogP contribution in [0.4, 0.5) is 0 Å². The normalized spacial score (nSPS) is 10.9. The molecule has 3 nitrogen and oxygen atoms in total. The molecular formula is C17H20N2O. The fourth-order valence-corrected chi connectivity index (χ4v) is 1.91. The van der Waals surface area contributed by atoms with Crippen LogP contribution in [0.1, 0.15) is 17.0 Å². The van der Waals surface area contributed by atoms with Crippen molar-refractivity contribution < 1.29 is 4.74 Å². The zero-order valence-corrected chi connectivity index (χ0v) is 12.0. The van der Waals surface area contributed by atoms with Crippen molar-refractivity contribution in [2.45, 2.75) is 13.5 Å². The Morgan fingerprint density at radius 2 is 1.95 bits per heavy atom. The topological polar surface area (TPSA) is 34.2 Å². The summed E-state index contributed by atoms with van der Waals surface area (Å²) in [6, 6.07) is 14.1. The number of nitrogens with one attached hydrogen (secondary N) is 1. The van der Waals surface area contributed by atoms with Crippen LogP contribution in [0.15, 0.2) is 48.5 Å². The molecule has 0 aliphatic heterocycles. The van der Waals surface area contributed by atoms with Gasteiger partial charge in [0.25, 0.3) is 0 Å². The van der Waals surface area contributed by atoms with Crippen LogP contribution in [0.25, 0.3) is 6.08 Å². The smallest absolute Gasteiger partial charge is 0.142 e. The molecule has 0 atom stereocenters. The summed E-state index contributed by atoms with van der Waals surface area (Å²) in [6.45, 7) is 3.23. The lowest BCUT2D eigenvalue weighted by Crippen LogP contribution is -2.10. The number of nitrogens with zero attached hydrogens (tertiary/aromatic N) is 1. The fraction of sp³-hybridized carbons (Fsp3) is 0.235. The molecule has 0 aliphatic carbocycles. The molecule has 20 heavy (non-hydrogen) atoms. The van der Waals surface area contributed by atoms with Gasteiger partial charge in [-0.05, 0) is 37.7 Å². The second kappa shape index (κ2) is 7.46. The van der Waals surface area contributed by atoms with Crippen molar-refractivity contribution >= 4 is 6.08 Å². The number of rotatable bonds is 6. The van der Waals surface area contributed by atoms with Crippen LogP contribution < -0.4 is 10.1 Å². The quantitative estimate of drug-likeness (QED) is 0.873. The van der Waals surface area contributed by atoms with E-state index in [1.165, 1.54) is 5.56 Å². The summed E-state index contributed by atoms with van der Waals surface area (Å²) < 4.78 is 5.78. The van der Waals surface area contributed by atoms with E-state index >= 15 is 0 Å². The third kappa shape index (κ3) is 4.21. The third-order valence-electron chi connectivity index (χ3n) is 2.86. The first-order valence-corrected chi connectivity index (χ1v) is 6.75. The number of aromatic nitrogens is 1. The maximum atomic E-state index is 5.78. The van der Waals surface area contributed by atoms with E-state index in [1.807, 2.05) is 50.4 Å². The van der Waals surface area contributed by atoms with Crippen LogP contribution in [0.2, 0.25) is 0 Å². The van der Waals surface area contributed by atoms with Gasteiger partial charge < -0.3 is 10.1 Å². The zero-order chi connectivity index (χ0) is 14.2. The van der Waals surface area contributed by atoms with Gasteiger partial charge in [0.1, 0.15) is 12.4 Å². The van der Waals surface area contributed by atoms with E-state index in [9.17, 15) is 0 Å². The summed E-state index contributed by atoms with van der Waals surface area (Å²) in [5, 5.41) is 3.11. The standard InChI is InChI=1S/C17H20N2O/c1-14-10-11-17(16(19-14)13-18-2)20-12-6-9-15-7-4-3-5-8-15/h3-11,18H,12-13H2,1-2H3. The first-order chi connectivity index (χ1) is 9.79. The Morgan fingerprint density at radius 1 is 1.15 bits per heavy atom. The average Bonchev–Trinajstić information content (AvgIpc) is 2.47. The van der Waals surface area contributed by atoms with Gasteiger partial charge in [-0.15, -0.1) is 0 Å². The van der Waals surface area contributed by atoms with Gasteiger partial charge in [-0.2, -0.15) is 0 Å². The molecule has 1 N–H and O–H groups in total. The van der Waals surface area contributed by atoms with Crippen molar-refractivity contribution in [3.63, 3.8) is 0 Å². The minimum Gasteiger partial charge on any atom is -0.488 e. The SMILES string of the molecule is CNCc1nc(C)ccc1OCC=Cc1ccccc1. The number of aryl methyl sites for hydroxylation is 1. The highest BCUT2D eigenvalue weighted by Crippen LogP contribution is 2.16. The molecule has 1 aromatic heterocycles. The third-order valence-corrected chi connectivity index (χ3v) is 2.86. The molecule has 0 amide bonds. The molecule has 1 heterocycles. The van der Waals surface area contributed by atoms with Crippen LogP contribution in [-0.2, 0) is 6.54 Å². The second-order valence-corrected chi connectivity index (χ2v) is 4.55. The molecule has 0 fully saturated rings. The van der Waals surface area contributed by atoms with Crippen LogP contribution in [0.3, 0.4) is 0 Å². The van der Waals surface area contributed by atoms with Crippen molar-refractivity contribution in [2.75, 3.05) is 13.7 Å². The number of hydrogen-bond donors (Lipinski definition) is 1. The predicted octanol–water partition coefficient (Wildman–Crippen LogP) is 3.20. The molecule has 2 rings (SSSR count). The Bertz CT molecular complexity index is 564. The summed E-state index contributed by atoms with van der Waals surface area (Å²) in [4.78, 5) is 4.49. The van der Waals surface area contributed by atoms with Gasteiger partial charge in [0.2, 0.25) is 0 Å². The molecule has 0 radical (unpaired) electrons. The lowest BCUT2D eigenvalue weighted by atomic mass is 10.2. The Morgan fingerprint density at radius 3 is 2.70 bits per heavy atom. The average molecular weight is 268 g/mol. The molecule has 2 aromatic rings. The molecule has 0 saturated heterocycles. The van der Waals surface area contributed by atoms with Crippen LogP contribution in [-0.4, -0.2) is 18.6 Å². The molecule has 0 saturated carbocycles. The molecule has 0 bridgehead atoms. The fourth-order valence-electron chi connectivity index (χ4n) is 1.91. The number of pyridine rings is 1. The maximum absolute atomic E-state index is 5.78. The van der Waals surface area contributed by atoms with Gasteiger partial charge in [0.05, 0.1) is 5.69 Å². The summed E-state index contributed by atoms with van der Waals surface area (Å²) in [6.07, 6.45) is 4.07. The van der Waals surface area contributed by atoms with Crippen molar-refractivity contribution in [3.05, 3.63) is 65.5 Å². The lowest BCUT2D eigenvalue weighted by Gasteiger charge is -2.09. The Labute approximate surface area is 120 Å². The first-order valence-electron chi connectivity index (χ1n) is 6.75. The number of hydrogen-bond acceptors (Lipinski definition) is 3. The van der Waals surface area contributed by atoms with Crippen LogP contribution in [0, 0.1) is 6.92 Å². The molecular weight excluding hydrogens is 248 g/mol. The largest absolute Gasteiger partial charge is 0.488 e. The highest BCUT2D eigenvalue weighted by atomic mass is 16.5. The summed E-state index contributed by atoms with van der Waals surface area (Å²) in [5.74, 6) is 0.836. The van der Waals surface area contributed by atoms with E-state index in [2.05, 4.69) is 28.5 Å². The van der Waals surface area contributed by atoms with Gasteiger partial charge in [-0.3, -0.25) is 4.98 Å². The molecule has 3 heteroatoms. The van der Waals surface area contributed by atoms with Gasteiger partial charge >= 0.3 is 0 Å². The maximum Gasteiger partial charge on any atom is 0.142 e. The number of benzene rings is 1. The minimum atomic E-state index is 0.538. The first kappa shape index (κ1) is 14.3. The second-order valence-electron chi connectivity index (χ2n) is 4.55. The Kier molecular flexibility index (Phi) is 5.33. The number of ether oxygens (including phenoxy) is 1. The van der Waals surface area contributed by atoms with E-state index < -0.39 is 0 Å². The van der Waals surface area contributed by atoms with Gasteiger partial charge in [0, 0.05) is 12.2 Å². The van der Waals surface area contributed by atoms with Crippen molar-refractivity contribution in [1.29, 1.82) is 0 Å². The molecule has 0 aliphatic rings. The van der Waals surface area contributed by atoms with E-state index in [0.29, 0.717) is 13.2 Å². The highest BCUT2D eigenvalue weighted by molar-refractivity contribution is 5.48. The minimum absolute atomic E-state index is 0.538. The lowest BCUT2D eigenvalue weighted by molar-refractivity contribution is 0.356. The summed E-state index contributed by atoms with van der Waals surface area (Å²) >= 11 is 0. The zero-order valence-electron chi connectivity index (χ0n) is 12.0. The van der Waals surface area contributed by atoms with Crippen molar-refractivity contribution in [2.24, 2.45) is 0 Å². The van der Waals surface area contributed by atoms with E-state index in [1.54, 1.807) is 0 Å². The van der Waals surface area contributed by atoms with Crippen LogP contribution in [0.5, 0.6) is 5.75 Å². The van der Waals surface area contributed by atoms with Crippen LogP contribution >= 0.6 is 0 Å². The Balaban J connectivity index is 1.95. The van der Waals surface area contributed by atoms with Crippen molar-refractivity contribution in [1.82, 2.24) is 10.3 Å². The van der Waals surface area contributed by atoms with Gasteiger partial charge in [0.15, 0.2) is 0 Å².